The van der Waals surface area contributed by atoms with Crippen LogP contribution < -0.4 is 10.2 Å². The maximum absolute atomic E-state index is 12.3. The molecule has 0 aliphatic heterocycles. The van der Waals surface area contributed by atoms with Crippen molar-refractivity contribution in [2.45, 2.75) is 32.6 Å². The number of amides is 1. The summed E-state index contributed by atoms with van der Waals surface area (Å²) in [7, 11) is 1.49. The molecule has 5 nitrogen and oxygen atoms in total. The van der Waals surface area contributed by atoms with E-state index in [0.29, 0.717) is 16.1 Å². The van der Waals surface area contributed by atoms with Gasteiger partial charge >= 0.3 is 0 Å². The molecule has 2 aliphatic rings. The van der Waals surface area contributed by atoms with Crippen LogP contribution in [0.25, 0.3) is 0 Å². The lowest BCUT2D eigenvalue weighted by atomic mass is 9.90. The van der Waals surface area contributed by atoms with Gasteiger partial charge in [0, 0.05) is 5.92 Å². The molecule has 0 aromatic heterocycles. The smallest absolute Gasteiger partial charge is 0.244 e. The largest absolute Gasteiger partial charge is 0.503 e. The van der Waals surface area contributed by atoms with Crippen molar-refractivity contribution in [3.63, 3.8) is 0 Å². The van der Waals surface area contributed by atoms with Gasteiger partial charge in [-0.15, -0.1) is 0 Å². The summed E-state index contributed by atoms with van der Waals surface area (Å²) in [6, 6.07) is 3.37. The highest BCUT2D eigenvalue weighted by molar-refractivity contribution is 9.10. The van der Waals surface area contributed by atoms with Crippen LogP contribution in [0.4, 0.5) is 0 Å². The Kier molecular flexibility index (Phi) is 4.36. The second-order valence-electron chi connectivity index (χ2n) is 6.62. The number of benzene rings is 1. The molecular weight excluding hydrogens is 360 g/mol. The Balaban J connectivity index is 1.63. The fourth-order valence-corrected chi connectivity index (χ4v) is 4.37. The van der Waals surface area contributed by atoms with E-state index in [-0.39, 0.29) is 23.0 Å². The molecule has 0 spiro atoms. The van der Waals surface area contributed by atoms with E-state index < -0.39 is 0 Å². The first-order valence-corrected chi connectivity index (χ1v) is 8.66. The van der Waals surface area contributed by atoms with Crippen LogP contribution in [0, 0.1) is 17.3 Å². The topological polar surface area (TPSA) is 70.9 Å². The summed E-state index contributed by atoms with van der Waals surface area (Å²) in [5.41, 5.74) is 3.57. The number of hydrogen-bond donors (Lipinski definition) is 2. The number of hydrazone groups is 1. The average molecular weight is 381 g/mol. The lowest BCUT2D eigenvalue weighted by molar-refractivity contribution is -0.123. The van der Waals surface area contributed by atoms with Gasteiger partial charge in [0.15, 0.2) is 11.5 Å². The number of ether oxygens (including phenoxy) is 1. The molecule has 6 heteroatoms. The van der Waals surface area contributed by atoms with Gasteiger partial charge in [-0.2, -0.15) is 5.10 Å². The minimum absolute atomic E-state index is 0.0143. The van der Waals surface area contributed by atoms with Gasteiger partial charge in [-0.25, -0.2) is 5.43 Å². The zero-order chi connectivity index (χ0) is 16.6. The van der Waals surface area contributed by atoms with E-state index in [1.807, 2.05) is 0 Å². The van der Waals surface area contributed by atoms with Gasteiger partial charge in [0.1, 0.15) is 0 Å². The van der Waals surface area contributed by atoms with Crippen LogP contribution in [0.2, 0.25) is 0 Å². The van der Waals surface area contributed by atoms with Crippen molar-refractivity contribution in [3.05, 3.63) is 22.2 Å². The number of phenolic OH excluding ortho intramolecular Hbond substituents is 1. The molecule has 2 N–H and O–H groups in total. The van der Waals surface area contributed by atoms with Crippen LogP contribution in [0.3, 0.4) is 0 Å². The predicted octanol–water partition coefficient (Wildman–Crippen LogP) is 3.44. The average Bonchev–Trinajstić information content (AvgIpc) is 3.16. The second kappa shape index (κ2) is 6.15. The van der Waals surface area contributed by atoms with Crippen LogP contribution in [-0.4, -0.2) is 24.3 Å². The second-order valence-corrected chi connectivity index (χ2v) is 7.48. The SMILES string of the molecule is COc1cc(/C=N\NC(=O)[C@H]2[C@H]3CCCC[C@]32C)cc(Br)c1O. The Morgan fingerprint density at radius 1 is 1.52 bits per heavy atom. The summed E-state index contributed by atoms with van der Waals surface area (Å²) in [5, 5.41) is 13.8. The molecule has 0 bridgehead atoms. The lowest BCUT2D eigenvalue weighted by Gasteiger charge is -2.15. The van der Waals surface area contributed by atoms with Crippen LogP contribution in [0.15, 0.2) is 21.7 Å². The Labute approximate surface area is 144 Å². The minimum atomic E-state index is 0.0143. The van der Waals surface area contributed by atoms with E-state index in [0.717, 1.165) is 18.4 Å². The zero-order valence-corrected chi connectivity index (χ0v) is 14.9. The number of phenols is 1. The molecule has 0 heterocycles. The van der Waals surface area contributed by atoms with Gasteiger partial charge in [-0.3, -0.25) is 4.79 Å². The Morgan fingerprint density at radius 3 is 2.96 bits per heavy atom. The fourth-order valence-electron chi connectivity index (χ4n) is 3.91. The molecule has 2 saturated carbocycles. The third kappa shape index (κ3) is 2.96. The Morgan fingerprint density at radius 2 is 2.30 bits per heavy atom. The third-order valence-electron chi connectivity index (χ3n) is 5.27. The molecule has 124 valence electrons. The van der Waals surface area contributed by atoms with Crippen LogP contribution in [0.5, 0.6) is 11.5 Å². The summed E-state index contributed by atoms with van der Waals surface area (Å²) in [4.78, 5) is 12.3. The van der Waals surface area contributed by atoms with Crippen molar-refractivity contribution in [2.24, 2.45) is 22.4 Å². The summed E-state index contributed by atoms with van der Waals surface area (Å²) in [5.74, 6) is 1.04. The third-order valence-corrected chi connectivity index (χ3v) is 5.88. The summed E-state index contributed by atoms with van der Waals surface area (Å²) < 4.78 is 5.61. The number of aromatic hydroxyl groups is 1. The van der Waals surface area contributed by atoms with Gasteiger partial charge < -0.3 is 9.84 Å². The molecule has 2 fully saturated rings. The molecule has 0 saturated heterocycles. The number of halogens is 1. The molecule has 1 aromatic rings. The number of hydrogen-bond acceptors (Lipinski definition) is 4. The van der Waals surface area contributed by atoms with Crippen molar-refractivity contribution in [1.29, 1.82) is 0 Å². The first kappa shape index (κ1) is 16.3. The van der Waals surface area contributed by atoms with E-state index in [4.69, 9.17) is 4.74 Å². The normalized spacial score (nSPS) is 29.2. The molecule has 0 unspecified atom stereocenters. The number of carbonyl (C=O) groups excluding carboxylic acids is 1. The lowest BCUT2D eigenvalue weighted by Crippen LogP contribution is -2.22. The van der Waals surface area contributed by atoms with Crippen molar-refractivity contribution >= 4 is 28.1 Å². The van der Waals surface area contributed by atoms with Crippen molar-refractivity contribution < 1.29 is 14.6 Å². The van der Waals surface area contributed by atoms with Gasteiger partial charge in [0.05, 0.1) is 17.8 Å². The molecule has 1 aromatic carbocycles. The van der Waals surface area contributed by atoms with E-state index in [2.05, 4.69) is 33.4 Å². The maximum Gasteiger partial charge on any atom is 0.244 e. The maximum atomic E-state index is 12.3. The quantitative estimate of drug-likeness (QED) is 0.620. The molecule has 0 radical (unpaired) electrons. The van der Waals surface area contributed by atoms with Gasteiger partial charge in [0.2, 0.25) is 5.91 Å². The van der Waals surface area contributed by atoms with E-state index in [1.165, 1.54) is 20.0 Å². The molecule has 2 aliphatic carbocycles. The highest BCUT2D eigenvalue weighted by Crippen LogP contribution is 2.66. The van der Waals surface area contributed by atoms with Gasteiger partial charge in [0.25, 0.3) is 0 Å². The van der Waals surface area contributed by atoms with Crippen LogP contribution in [-0.2, 0) is 4.79 Å². The number of fused-ring (bicyclic) bond motifs is 1. The first-order valence-electron chi connectivity index (χ1n) is 7.87. The molecular formula is C17H21BrN2O3. The minimum Gasteiger partial charge on any atom is -0.503 e. The van der Waals surface area contributed by atoms with E-state index in [1.54, 1.807) is 18.3 Å². The fraction of sp³-hybridized carbons (Fsp3) is 0.529. The summed E-state index contributed by atoms with van der Waals surface area (Å²) in [6.45, 7) is 2.22. The number of nitrogens with one attached hydrogen (secondary N) is 1. The van der Waals surface area contributed by atoms with Crippen molar-refractivity contribution in [2.75, 3.05) is 7.11 Å². The van der Waals surface area contributed by atoms with E-state index >= 15 is 0 Å². The molecule has 3 rings (SSSR count). The van der Waals surface area contributed by atoms with E-state index in [9.17, 15) is 9.90 Å². The van der Waals surface area contributed by atoms with Crippen molar-refractivity contribution in [3.8, 4) is 11.5 Å². The van der Waals surface area contributed by atoms with Gasteiger partial charge in [-0.05, 0) is 57.8 Å². The number of carbonyl (C=O) groups is 1. The predicted molar refractivity (Wildman–Crippen MR) is 91.7 cm³/mol. The standard InChI is InChI=1S/C17H21BrN2O3/c1-17-6-4-3-5-11(17)14(17)16(22)20-19-9-10-7-12(18)15(21)13(8-10)23-2/h7-9,11,14,21H,3-6H2,1-2H3,(H,20,22)/b19-9-/t11-,14-,17-/m1/s1. The molecule has 23 heavy (non-hydrogen) atoms. The number of methoxy groups -OCH3 is 1. The van der Waals surface area contributed by atoms with Crippen molar-refractivity contribution in [1.82, 2.24) is 5.43 Å². The highest BCUT2D eigenvalue weighted by atomic mass is 79.9. The summed E-state index contributed by atoms with van der Waals surface area (Å²) in [6.07, 6.45) is 6.30. The number of nitrogens with zero attached hydrogens (tertiary/aromatic N) is 1. The van der Waals surface area contributed by atoms with Gasteiger partial charge in [-0.1, -0.05) is 19.8 Å². The highest BCUT2D eigenvalue weighted by Gasteiger charge is 2.64. The monoisotopic (exact) mass is 380 g/mol. The molecule has 3 atom stereocenters. The Hall–Kier alpha value is -1.56. The van der Waals surface area contributed by atoms with Crippen LogP contribution in [0.1, 0.15) is 38.2 Å². The van der Waals surface area contributed by atoms with Crippen LogP contribution >= 0.6 is 15.9 Å². The first-order chi connectivity index (χ1) is 11.0. The zero-order valence-electron chi connectivity index (χ0n) is 13.3. The molecule has 1 amide bonds. The summed E-state index contributed by atoms with van der Waals surface area (Å²) >= 11 is 3.26. The Bertz CT molecular complexity index is 661. The number of rotatable bonds is 4.